The molecule has 5 rings (SSSR count). The third-order valence-electron chi connectivity index (χ3n) is 5.77. The summed E-state index contributed by atoms with van der Waals surface area (Å²) in [6, 6.07) is 9.54. The first kappa shape index (κ1) is 16.2. The molecule has 1 fully saturated rings. The molecule has 0 saturated carbocycles. The average molecular weight is 363 g/mol. The fraction of sp³-hybridized carbons (Fsp3) is 0.400. The lowest BCUT2D eigenvalue weighted by Crippen LogP contribution is -2.42. The zero-order valence-corrected chi connectivity index (χ0v) is 15.0. The molecule has 2 bridgehead atoms. The molecule has 2 unspecified atom stereocenters. The Balaban J connectivity index is 1.45. The minimum Gasteiger partial charge on any atom is -0.334 e. The number of aryl methyl sites for hydroxylation is 1. The van der Waals surface area contributed by atoms with Crippen molar-refractivity contribution < 1.29 is 4.79 Å². The van der Waals surface area contributed by atoms with Gasteiger partial charge in [-0.3, -0.25) is 18.8 Å². The number of carbonyl (C=O) groups excluding carboxylic acids is 1. The topological polar surface area (TPSA) is 73.0 Å². The molecule has 3 aromatic rings. The van der Waals surface area contributed by atoms with Gasteiger partial charge in [0.2, 0.25) is 5.91 Å². The lowest BCUT2D eigenvalue weighted by atomic mass is 10.1. The molecule has 2 aliphatic rings. The number of fused-ring (bicyclic) bond motifs is 4. The highest BCUT2D eigenvalue weighted by Gasteiger charge is 2.40. The molecule has 7 heteroatoms. The number of hydrogen-bond donors (Lipinski definition) is 0. The maximum Gasteiger partial charge on any atom is 0.261 e. The van der Waals surface area contributed by atoms with Crippen LogP contribution in [-0.4, -0.2) is 42.2 Å². The van der Waals surface area contributed by atoms with Crippen LogP contribution in [-0.2, 0) is 24.3 Å². The zero-order valence-electron chi connectivity index (χ0n) is 15.0. The van der Waals surface area contributed by atoms with Crippen molar-refractivity contribution in [2.75, 3.05) is 0 Å². The Morgan fingerprint density at radius 1 is 1.15 bits per heavy atom. The summed E-state index contributed by atoms with van der Waals surface area (Å²) >= 11 is 0. The minimum absolute atomic E-state index is 0.00656. The van der Waals surface area contributed by atoms with E-state index in [4.69, 9.17) is 4.98 Å². The molecular formula is C20H21N5O2. The van der Waals surface area contributed by atoms with Crippen molar-refractivity contribution in [2.24, 2.45) is 0 Å². The Labute approximate surface area is 156 Å². The van der Waals surface area contributed by atoms with Gasteiger partial charge in [-0.25, -0.2) is 4.98 Å². The predicted octanol–water partition coefficient (Wildman–Crippen LogP) is 1.60. The molecule has 0 aliphatic carbocycles. The summed E-state index contributed by atoms with van der Waals surface area (Å²) in [6.45, 7) is 1.12. The van der Waals surface area contributed by atoms with Crippen LogP contribution in [0.15, 0.2) is 47.5 Å². The van der Waals surface area contributed by atoms with E-state index in [1.54, 1.807) is 15.4 Å². The van der Waals surface area contributed by atoms with Gasteiger partial charge in [-0.1, -0.05) is 12.1 Å². The van der Waals surface area contributed by atoms with Crippen LogP contribution in [0.2, 0.25) is 0 Å². The predicted molar refractivity (Wildman–Crippen MR) is 100 cm³/mol. The highest BCUT2D eigenvalue weighted by molar-refractivity contribution is 5.78. The molecular weight excluding hydrogens is 342 g/mol. The summed E-state index contributed by atoms with van der Waals surface area (Å²) in [5, 5.41) is 4.82. The molecule has 2 aromatic heterocycles. The molecule has 138 valence electrons. The molecule has 2 atom stereocenters. The van der Waals surface area contributed by atoms with Gasteiger partial charge in [-0.15, -0.1) is 0 Å². The number of aromatic nitrogens is 4. The van der Waals surface area contributed by atoms with Crippen LogP contribution in [0.3, 0.4) is 0 Å². The van der Waals surface area contributed by atoms with E-state index in [1.807, 2.05) is 41.4 Å². The number of amides is 1. The van der Waals surface area contributed by atoms with Gasteiger partial charge >= 0.3 is 0 Å². The summed E-state index contributed by atoms with van der Waals surface area (Å²) in [6.07, 6.45) is 6.58. The Morgan fingerprint density at radius 3 is 2.85 bits per heavy atom. The average Bonchev–Trinajstić information content (AvgIpc) is 3.28. The summed E-state index contributed by atoms with van der Waals surface area (Å²) in [7, 11) is 0. The normalized spacial score (nSPS) is 21.3. The largest absolute Gasteiger partial charge is 0.334 e. The molecule has 27 heavy (non-hydrogen) atoms. The molecule has 1 amide bonds. The second-order valence-electron chi connectivity index (χ2n) is 7.37. The fourth-order valence-electron chi connectivity index (χ4n) is 4.50. The summed E-state index contributed by atoms with van der Waals surface area (Å²) < 4.78 is 3.57. The molecule has 7 nitrogen and oxygen atoms in total. The van der Waals surface area contributed by atoms with Crippen molar-refractivity contribution in [3.8, 4) is 0 Å². The number of nitrogens with zero attached hydrogens (tertiary/aromatic N) is 5. The standard InChI is InChI=1S/C20H21N5O2/c26-19(8-11-23-10-3-9-21-23)25-14-6-7-15(25)13-24-18(12-14)22-17-5-2-1-4-16(17)20(24)27/h1-5,9-10,14-15H,6-8,11-13H2. The molecule has 1 saturated heterocycles. The van der Waals surface area contributed by atoms with Crippen molar-refractivity contribution in [1.82, 2.24) is 24.2 Å². The van der Waals surface area contributed by atoms with E-state index < -0.39 is 0 Å². The highest BCUT2D eigenvalue weighted by Crippen LogP contribution is 2.31. The van der Waals surface area contributed by atoms with Gasteiger partial charge in [-0.05, 0) is 31.0 Å². The van der Waals surface area contributed by atoms with E-state index in [0.717, 1.165) is 24.2 Å². The van der Waals surface area contributed by atoms with Gasteiger partial charge in [0.15, 0.2) is 0 Å². The molecule has 0 N–H and O–H groups in total. The maximum atomic E-state index is 13.0. The third kappa shape index (κ3) is 2.74. The van der Waals surface area contributed by atoms with Crippen molar-refractivity contribution in [3.05, 3.63) is 58.9 Å². The van der Waals surface area contributed by atoms with Crippen LogP contribution in [0.5, 0.6) is 0 Å². The Hall–Kier alpha value is -2.96. The van der Waals surface area contributed by atoms with Crippen LogP contribution >= 0.6 is 0 Å². The fourth-order valence-corrected chi connectivity index (χ4v) is 4.50. The number of para-hydroxylation sites is 1. The van der Waals surface area contributed by atoms with E-state index in [9.17, 15) is 9.59 Å². The first-order chi connectivity index (χ1) is 13.2. The molecule has 0 radical (unpaired) electrons. The van der Waals surface area contributed by atoms with Crippen molar-refractivity contribution >= 4 is 16.8 Å². The number of carbonyl (C=O) groups is 1. The summed E-state index contributed by atoms with van der Waals surface area (Å²) in [5.74, 6) is 0.944. The van der Waals surface area contributed by atoms with Crippen molar-refractivity contribution in [3.63, 3.8) is 0 Å². The molecule has 1 aromatic carbocycles. The minimum atomic E-state index is 0.00656. The number of rotatable bonds is 3. The lowest BCUT2D eigenvalue weighted by Gasteiger charge is -2.27. The highest BCUT2D eigenvalue weighted by atomic mass is 16.2. The van der Waals surface area contributed by atoms with Gasteiger partial charge in [0.05, 0.1) is 16.9 Å². The van der Waals surface area contributed by atoms with Crippen LogP contribution in [0.4, 0.5) is 0 Å². The van der Waals surface area contributed by atoms with Gasteiger partial charge in [0.1, 0.15) is 5.82 Å². The van der Waals surface area contributed by atoms with E-state index >= 15 is 0 Å². The van der Waals surface area contributed by atoms with E-state index in [-0.39, 0.29) is 23.6 Å². The maximum absolute atomic E-state index is 13.0. The first-order valence-electron chi connectivity index (χ1n) is 9.48. The van der Waals surface area contributed by atoms with E-state index in [0.29, 0.717) is 31.3 Å². The first-order valence-corrected chi connectivity index (χ1v) is 9.48. The van der Waals surface area contributed by atoms with E-state index in [1.165, 1.54) is 0 Å². The lowest BCUT2D eigenvalue weighted by molar-refractivity contribution is -0.134. The monoisotopic (exact) mass is 363 g/mol. The smallest absolute Gasteiger partial charge is 0.261 e. The van der Waals surface area contributed by atoms with Crippen LogP contribution in [0.25, 0.3) is 10.9 Å². The third-order valence-corrected chi connectivity index (χ3v) is 5.77. The van der Waals surface area contributed by atoms with Crippen LogP contribution < -0.4 is 5.56 Å². The van der Waals surface area contributed by atoms with Crippen LogP contribution in [0.1, 0.15) is 25.1 Å². The van der Waals surface area contributed by atoms with Gasteiger partial charge < -0.3 is 4.90 Å². The molecule has 4 heterocycles. The van der Waals surface area contributed by atoms with Crippen molar-refractivity contribution in [1.29, 1.82) is 0 Å². The SMILES string of the molecule is O=C(CCn1cccn1)N1C2CCC1Cn1c(nc3ccccc3c1=O)C2. The summed E-state index contributed by atoms with van der Waals surface area (Å²) in [5.41, 5.74) is 0.746. The Bertz CT molecular complexity index is 1060. The zero-order chi connectivity index (χ0) is 18.4. The Morgan fingerprint density at radius 2 is 2.00 bits per heavy atom. The van der Waals surface area contributed by atoms with Crippen molar-refractivity contribution in [2.45, 2.75) is 50.9 Å². The Kier molecular flexibility index (Phi) is 3.81. The van der Waals surface area contributed by atoms with Gasteiger partial charge in [0.25, 0.3) is 5.56 Å². The second kappa shape index (κ2) is 6.33. The van der Waals surface area contributed by atoms with Crippen LogP contribution in [0, 0.1) is 0 Å². The quantitative estimate of drug-likeness (QED) is 0.709. The summed E-state index contributed by atoms with van der Waals surface area (Å²) in [4.78, 5) is 32.7. The van der Waals surface area contributed by atoms with Gasteiger partial charge in [0, 0.05) is 44.4 Å². The molecule has 2 aliphatic heterocycles. The molecule has 0 spiro atoms. The number of benzene rings is 1. The second-order valence-corrected chi connectivity index (χ2v) is 7.37. The van der Waals surface area contributed by atoms with E-state index in [2.05, 4.69) is 5.10 Å². The van der Waals surface area contributed by atoms with Gasteiger partial charge in [-0.2, -0.15) is 5.10 Å². The number of hydrogen-bond acceptors (Lipinski definition) is 4.